The lowest BCUT2D eigenvalue weighted by molar-refractivity contribution is 0.214. The predicted molar refractivity (Wildman–Crippen MR) is 64.7 cm³/mol. The Bertz CT molecular complexity index is 336. The van der Waals surface area contributed by atoms with Crippen LogP contribution in [-0.2, 0) is 10.0 Å². The van der Waals surface area contributed by atoms with Crippen molar-refractivity contribution in [3.8, 4) is 0 Å². The molecule has 2 unspecified atom stereocenters. The zero-order valence-electron chi connectivity index (χ0n) is 10.1. The van der Waals surface area contributed by atoms with E-state index >= 15 is 0 Å². The SMILES string of the molecule is CC1CN(C(C)C2CCNCC2)S(=O)(=O)C1. The molecule has 0 saturated carbocycles. The standard InChI is InChI=1S/C11H22N2O2S/c1-9-7-13(16(14,15)8-9)10(2)11-3-5-12-6-4-11/h9-12H,3-8H2,1-2H3. The third kappa shape index (κ3) is 2.41. The Kier molecular flexibility index (Phi) is 3.56. The fourth-order valence-electron chi connectivity index (χ4n) is 2.91. The minimum atomic E-state index is -2.97. The summed E-state index contributed by atoms with van der Waals surface area (Å²) in [6, 6.07) is 0.178. The molecule has 2 heterocycles. The normalized spacial score (nSPS) is 34.0. The predicted octanol–water partition coefficient (Wildman–Crippen LogP) is 0.656. The topological polar surface area (TPSA) is 49.4 Å². The third-order valence-corrected chi connectivity index (χ3v) is 6.05. The average molecular weight is 246 g/mol. The van der Waals surface area contributed by atoms with Crippen LogP contribution >= 0.6 is 0 Å². The van der Waals surface area contributed by atoms with E-state index < -0.39 is 10.0 Å². The van der Waals surface area contributed by atoms with Gasteiger partial charge in [-0.2, -0.15) is 4.31 Å². The molecule has 4 nitrogen and oxygen atoms in total. The maximum atomic E-state index is 12.0. The van der Waals surface area contributed by atoms with Crippen LogP contribution in [0.15, 0.2) is 0 Å². The van der Waals surface area contributed by atoms with Crippen LogP contribution in [0, 0.1) is 11.8 Å². The van der Waals surface area contributed by atoms with Crippen molar-refractivity contribution in [2.24, 2.45) is 11.8 Å². The first-order chi connectivity index (χ1) is 7.50. The monoisotopic (exact) mass is 246 g/mol. The molecule has 0 bridgehead atoms. The van der Waals surface area contributed by atoms with Gasteiger partial charge in [-0.3, -0.25) is 0 Å². The van der Waals surface area contributed by atoms with Crippen molar-refractivity contribution in [2.75, 3.05) is 25.4 Å². The summed E-state index contributed by atoms with van der Waals surface area (Å²) in [4.78, 5) is 0. The number of hydrogen-bond donors (Lipinski definition) is 1. The van der Waals surface area contributed by atoms with E-state index in [1.54, 1.807) is 4.31 Å². The Balaban J connectivity index is 2.06. The van der Waals surface area contributed by atoms with Gasteiger partial charge >= 0.3 is 0 Å². The summed E-state index contributed by atoms with van der Waals surface area (Å²) in [5.74, 6) is 1.15. The molecule has 0 spiro atoms. The van der Waals surface area contributed by atoms with Gasteiger partial charge in [0, 0.05) is 12.6 Å². The van der Waals surface area contributed by atoms with E-state index in [-0.39, 0.29) is 12.0 Å². The van der Waals surface area contributed by atoms with Crippen LogP contribution in [0.4, 0.5) is 0 Å². The van der Waals surface area contributed by atoms with Crippen molar-refractivity contribution in [1.29, 1.82) is 0 Å². The molecule has 16 heavy (non-hydrogen) atoms. The maximum Gasteiger partial charge on any atom is 0.214 e. The molecule has 0 aromatic heterocycles. The molecule has 0 aromatic rings. The molecule has 1 N–H and O–H groups in total. The van der Waals surface area contributed by atoms with Crippen molar-refractivity contribution < 1.29 is 8.42 Å². The molecule has 2 saturated heterocycles. The summed E-state index contributed by atoms with van der Waals surface area (Å²) in [6.45, 7) is 6.86. The fourth-order valence-corrected chi connectivity index (χ4v) is 5.09. The van der Waals surface area contributed by atoms with E-state index in [0.717, 1.165) is 25.9 Å². The first-order valence-electron chi connectivity index (χ1n) is 6.21. The van der Waals surface area contributed by atoms with Gasteiger partial charge in [-0.05, 0) is 44.7 Å². The molecule has 0 aliphatic carbocycles. The van der Waals surface area contributed by atoms with E-state index in [4.69, 9.17) is 0 Å². The Morgan fingerprint density at radius 2 is 1.94 bits per heavy atom. The lowest BCUT2D eigenvalue weighted by Crippen LogP contribution is -2.43. The van der Waals surface area contributed by atoms with E-state index in [0.29, 0.717) is 18.2 Å². The van der Waals surface area contributed by atoms with E-state index in [1.165, 1.54) is 0 Å². The Morgan fingerprint density at radius 3 is 2.44 bits per heavy atom. The average Bonchev–Trinajstić information content (AvgIpc) is 2.52. The van der Waals surface area contributed by atoms with Gasteiger partial charge in [0.15, 0.2) is 0 Å². The fraction of sp³-hybridized carbons (Fsp3) is 1.00. The van der Waals surface area contributed by atoms with Crippen molar-refractivity contribution in [3.05, 3.63) is 0 Å². The minimum absolute atomic E-state index is 0.178. The van der Waals surface area contributed by atoms with Crippen LogP contribution in [0.5, 0.6) is 0 Å². The number of nitrogens with one attached hydrogen (secondary N) is 1. The number of sulfonamides is 1. The molecular weight excluding hydrogens is 224 g/mol. The zero-order valence-corrected chi connectivity index (χ0v) is 11.0. The van der Waals surface area contributed by atoms with Crippen LogP contribution in [0.2, 0.25) is 0 Å². The van der Waals surface area contributed by atoms with Gasteiger partial charge in [-0.15, -0.1) is 0 Å². The largest absolute Gasteiger partial charge is 0.317 e. The first-order valence-corrected chi connectivity index (χ1v) is 7.82. The smallest absolute Gasteiger partial charge is 0.214 e. The van der Waals surface area contributed by atoms with Gasteiger partial charge < -0.3 is 5.32 Å². The highest BCUT2D eigenvalue weighted by molar-refractivity contribution is 7.89. The number of nitrogens with zero attached hydrogens (tertiary/aromatic N) is 1. The lowest BCUT2D eigenvalue weighted by atomic mass is 9.91. The van der Waals surface area contributed by atoms with Crippen LogP contribution in [0.1, 0.15) is 26.7 Å². The molecule has 2 aliphatic rings. The molecule has 94 valence electrons. The second-order valence-corrected chi connectivity index (χ2v) is 7.25. The third-order valence-electron chi connectivity index (χ3n) is 3.86. The highest BCUT2D eigenvalue weighted by Gasteiger charge is 2.39. The van der Waals surface area contributed by atoms with Crippen LogP contribution in [0.3, 0.4) is 0 Å². The van der Waals surface area contributed by atoms with Crippen LogP contribution in [0.25, 0.3) is 0 Å². The summed E-state index contributed by atoms with van der Waals surface area (Å²) in [5, 5.41) is 3.32. The van der Waals surface area contributed by atoms with Gasteiger partial charge in [0.2, 0.25) is 10.0 Å². The zero-order chi connectivity index (χ0) is 11.8. The van der Waals surface area contributed by atoms with E-state index in [2.05, 4.69) is 12.2 Å². The first kappa shape index (κ1) is 12.3. The lowest BCUT2D eigenvalue weighted by Gasteiger charge is -2.33. The minimum Gasteiger partial charge on any atom is -0.317 e. The van der Waals surface area contributed by atoms with Gasteiger partial charge in [0.05, 0.1) is 5.75 Å². The molecule has 2 fully saturated rings. The van der Waals surface area contributed by atoms with Crippen LogP contribution in [-0.4, -0.2) is 44.2 Å². The number of piperidine rings is 1. The molecule has 0 radical (unpaired) electrons. The molecule has 2 rings (SSSR count). The summed E-state index contributed by atoms with van der Waals surface area (Å²) < 4.78 is 25.7. The maximum absolute atomic E-state index is 12.0. The Morgan fingerprint density at radius 1 is 1.31 bits per heavy atom. The molecule has 2 atom stereocenters. The number of hydrogen-bond acceptors (Lipinski definition) is 3. The van der Waals surface area contributed by atoms with Crippen molar-refractivity contribution in [2.45, 2.75) is 32.7 Å². The molecule has 0 amide bonds. The van der Waals surface area contributed by atoms with E-state index in [9.17, 15) is 8.42 Å². The Hall–Kier alpha value is -0.130. The van der Waals surface area contributed by atoms with Gasteiger partial charge in [-0.25, -0.2) is 8.42 Å². The quantitative estimate of drug-likeness (QED) is 0.778. The van der Waals surface area contributed by atoms with E-state index in [1.807, 2.05) is 6.92 Å². The van der Waals surface area contributed by atoms with Crippen molar-refractivity contribution in [1.82, 2.24) is 9.62 Å². The molecule has 5 heteroatoms. The summed E-state index contributed by atoms with van der Waals surface area (Å²) in [5.41, 5.74) is 0. The summed E-state index contributed by atoms with van der Waals surface area (Å²) >= 11 is 0. The highest BCUT2D eigenvalue weighted by Crippen LogP contribution is 2.28. The van der Waals surface area contributed by atoms with Crippen molar-refractivity contribution >= 4 is 10.0 Å². The second kappa shape index (κ2) is 4.63. The molecular formula is C11H22N2O2S. The second-order valence-electron chi connectivity index (χ2n) is 5.28. The highest BCUT2D eigenvalue weighted by atomic mass is 32.2. The summed E-state index contributed by atoms with van der Waals surface area (Å²) in [7, 11) is -2.97. The van der Waals surface area contributed by atoms with Crippen molar-refractivity contribution in [3.63, 3.8) is 0 Å². The van der Waals surface area contributed by atoms with Crippen LogP contribution < -0.4 is 5.32 Å². The molecule has 2 aliphatic heterocycles. The molecule has 0 aromatic carbocycles. The number of rotatable bonds is 2. The van der Waals surface area contributed by atoms with Gasteiger partial charge in [0.1, 0.15) is 0 Å². The summed E-state index contributed by atoms with van der Waals surface area (Å²) in [6.07, 6.45) is 2.20. The Labute approximate surface area is 98.4 Å². The van der Waals surface area contributed by atoms with Gasteiger partial charge in [-0.1, -0.05) is 6.92 Å². The van der Waals surface area contributed by atoms with Gasteiger partial charge in [0.25, 0.3) is 0 Å².